The van der Waals surface area contributed by atoms with Crippen molar-refractivity contribution in [1.82, 2.24) is 4.98 Å². The predicted molar refractivity (Wildman–Crippen MR) is 98.2 cm³/mol. The van der Waals surface area contributed by atoms with Gasteiger partial charge < -0.3 is 4.74 Å². The zero-order valence-electron chi connectivity index (χ0n) is 13.2. The fourth-order valence-electron chi connectivity index (χ4n) is 2.24. The second kappa shape index (κ2) is 7.03. The molecule has 1 N–H and O–H groups in total. The number of benzene rings is 2. The Hall–Kier alpha value is -2.37. The number of anilines is 1. The Morgan fingerprint density at radius 1 is 1.12 bits per heavy atom. The van der Waals surface area contributed by atoms with Crippen molar-refractivity contribution in [2.75, 3.05) is 12.4 Å². The van der Waals surface area contributed by atoms with E-state index in [-0.39, 0.29) is 5.91 Å². The van der Waals surface area contributed by atoms with Crippen LogP contribution in [0, 0.1) is 6.92 Å². The molecule has 0 radical (unpaired) electrons. The van der Waals surface area contributed by atoms with Crippen LogP contribution in [0.5, 0.6) is 5.75 Å². The highest BCUT2D eigenvalue weighted by atomic mass is 35.5. The molecule has 0 saturated heterocycles. The Morgan fingerprint density at radius 3 is 2.42 bits per heavy atom. The average Bonchev–Trinajstić information content (AvgIpc) is 2.95. The fourth-order valence-corrected chi connectivity index (χ4v) is 3.19. The third kappa shape index (κ3) is 3.58. The first-order chi connectivity index (χ1) is 11.6. The summed E-state index contributed by atoms with van der Waals surface area (Å²) in [6, 6.07) is 14.4. The van der Waals surface area contributed by atoms with E-state index in [2.05, 4.69) is 10.3 Å². The van der Waals surface area contributed by atoms with Gasteiger partial charge in [-0.25, -0.2) is 4.98 Å². The maximum absolute atomic E-state index is 12.3. The number of ether oxygens (including phenoxy) is 1. The SMILES string of the molecule is COc1ccc(-c2nc(NC(=O)c3ccc(Cl)cc3)sc2C)cc1. The number of aryl methyl sites for hydroxylation is 1. The molecule has 6 heteroatoms. The summed E-state index contributed by atoms with van der Waals surface area (Å²) in [5.41, 5.74) is 2.38. The number of hydrogen-bond donors (Lipinski definition) is 1. The Balaban J connectivity index is 1.80. The van der Waals surface area contributed by atoms with E-state index in [4.69, 9.17) is 16.3 Å². The van der Waals surface area contributed by atoms with Crippen LogP contribution in [-0.2, 0) is 0 Å². The molecule has 1 aromatic heterocycles. The molecule has 0 unspecified atom stereocenters. The molecule has 1 amide bonds. The van der Waals surface area contributed by atoms with Crippen LogP contribution < -0.4 is 10.1 Å². The van der Waals surface area contributed by atoms with E-state index >= 15 is 0 Å². The quantitative estimate of drug-likeness (QED) is 0.711. The third-order valence-corrected chi connectivity index (χ3v) is 4.63. The molecule has 2 aromatic carbocycles. The maximum atomic E-state index is 12.3. The molecule has 24 heavy (non-hydrogen) atoms. The fraction of sp³-hybridized carbons (Fsp3) is 0.111. The average molecular weight is 359 g/mol. The molecule has 0 saturated carbocycles. The molecule has 3 aromatic rings. The molecular formula is C18H15ClN2O2S. The third-order valence-electron chi connectivity index (χ3n) is 3.49. The minimum absolute atomic E-state index is 0.207. The summed E-state index contributed by atoms with van der Waals surface area (Å²) in [4.78, 5) is 17.8. The molecule has 0 spiro atoms. The van der Waals surface area contributed by atoms with Gasteiger partial charge >= 0.3 is 0 Å². The van der Waals surface area contributed by atoms with Crippen molar-refractivity contribution in [1.29, 1.82) is 0 Å². The van der Waals surface area contributed by atoms with Crippen LogP contribution in [0.1, 0.15) is 15.2 Å². The van der Waals surface area contributed by atoms with Crippen LogP contribution >= 0.6 is 22.9 Å². The Labute approximate surface area is 149 Å². The highest BCUT2D eigenvalue weighted by Gasteiger charge is 2.13. The second-order valence-corrected chi connectivity index (χ2v) is 6.75. The van der Waals surface area contributed by atoms with Crippen molar-refractivity contribution in [3.8, 4) is 17.0 Å². The molecule has 0 bridgehead atoms. The molecule has 1 heterocycles. The van der Waals surface area contributed by atoms with Crippen molar-refractivity contribution < 1.29 is 9.53 Å². The molecule has 0 atom stereocenters. The molecular weight excluding hydrogens is 344 g/mol. The van der Waals surface area contributed by atoms with Crippen LogP contribution in [0.2, 0.25) is 5.02 Å². The van der Waals surface area contributed by atoms with E-state index < -0.39 is 0 Å². The number of carbonyl (C=O) groups excluding carboxylic acids is 1. The summed E-state index contributed by atoms with van der Waals surface area (Å²) in [5, 5.41) is 4.00. The number of carbonyl (C=O) groups is 1. The van der Waals surface area contributed by atoms with Crippen molar-refractivity contribution in [3.63, 3.8) is 0 Å². The van der Waals surface area contributed by atoms with Crippen LogP contribution in [-0.4, -0.2) is 18.0 Å². The summed E-state index contributed by atoms with van der Waals surface area (Å²) in [5.74, 6) is 0.588. The number of thiazole rings is 1. The number of rotatable bonds is 4. The van der Waals surface area contributed by atoms with Gasteiger partial charge in [-0.3, -0.25) is 10.1 Å². The number of amides is 1. The predicted octanol–water partition coefficient (Wildman–Crippen LogP) is 5.03. The van der Waals surface area contributed by atoms with Crippen molar-refractivity contribution in [3.05, 3.63) is 64.0 Å². The summed E-state index contributed by atoms with van der Waals surface area (Å²) < 4.78 is 5.17. The maximum Gasteiger partial charge on any atom is 0.257 e. The lowest BCUT2D eigenvalue weighted by Gasteiger charge is -2.02. The molecule has 0 fully saturated rings. The standard InChI is InChI=1S/C18H15ClN2O2S/c1-11-16(12-5-9-15(23-2)10-6-12)20-18(24-11)21-17(22)13-3-7-14(19)8-4-13/h3-10H,1-2H3,(H,20,21,22). The lowest BCUT2D eigenvalue weighted by molar-refractivity contribution is 0.102. The van der Waals surface area contributed by atoms with Crippen LogP contribution in [0.3, 0.4) is 0 Å². The summed E-state index contributed by atoms with van der Waals surface area (Å²) >= 11 is 7.28. The lowest BCUT2D eigenvalue weighted by atomic mass is 10.1. The molecule has 0 aliphatic heterocycles. The second-order valence-electron chi connectivity index (χ2n) is 5.11. The Kier molecular flexibility index (Phi) is 4.83. The molecule has 0 aliphatic carbocycles. The van der Waals surface area contributed by atoms with Gasteiger partial charge in [-0.2, -0.15) is 0 Å². The zero-order valence-corrected chi connectivity index (χ0v) is 14.7. The lowest BCUT2D eigenvalue weighted by Crippen LogP contribution is -2.11. The van der Waals surface area contributed by atoms with Gasteiger partial charge in [0.15, 0.2) is 5.13 Å². The smallest absolute Gasteiger partial charge is 0.257 e. The topological polar surface area (TPSA) is 51.2 Å². The number of nitrogens with zero attached hydrogens (tertiary/aromatic N) is 1. The van der Waals surface area contributed by atoms with Gasteiger partial charge in [0.25, 0.3) is 5.91 Å². The number of aromatic nitrogens is 1. The van der Waals surface area contributed by atoms with Crippen LogP contribution in [0.15, 0.2) is 48.5 Å². The largest absolute Gasteiger partial charge is 0.497 e. The van der Waals surface area contributed by atoms with Crippen molar-refractivity contribution in [2.24, 2.45) is 0 Å². The van der Waals surface area contributed by atoms with E-state index in [1.165, 1.54) is 11.3 Å². The molecule has 4 nitrogen and oxygen atoms in total. The highest BCUT2D eigenvalue weighted by Crippen LogP contribution is 2.31. The number of nitrogens with one attached hydrogen (secondary N) is 1. The van der Waals surface area contributed by atoms with E-state index in [0.717, 1.165) is 21.9 Å². The van der Waals surface area contributed by atoms with Crippen LogP contribution in [0.4, 0.5) is 5.13 Å². The molecule has 122 valence electrons. The number of methoxy groups -OCH3 is 1. The van der Waals surface area contributed by atoms with Crippen molar-refractivity contribution in [2.45, 2.75) is 6.92 Å². The van der Waals surface area contributed by atoms with E-state index in [1.807, 2.05) is 31.2 Å². The molecule has 3 rings (SSSR count). The highest BCUT2D eigenvalue weighted by molar-refractivity contribution is 7.16. The van der Waals surface area contributed by atoms with E-state index in [0.29, 0.717) is 15.7 Å². The Morgan fingerprint density at radius 2 is 1.79 bits per heavy atom. The first-order valence-corrected chi connectivity index (χ1v) is 8.45. The summed E-state index contributed by atoms with van der Waals surface area (Å²) in [7, 11) is 1.63. The van der Waals surface area contributed by atoms with Gasteiger partial charge in [-0.05, 0) is 55.5 Å². The Bertz CT molecular complexity index is 858. The van der Waals surface area contributed by atoms with Crippen molar-refractivity contribution >= 4 is 34.0 Å². The van der Waals surface area contributed by atoms with Gasteiger partial charge in [-0.15, -0.1) is 11.3 Å². The summed E-state index contributed by atoms with van der Waals surface area (Å²) in [6.07, 6.45) is 0. The van der Waals surface area contributed by atoms with Gasteiger partial charge in [0.2, 0.25) is 0 Å². The minimum Gasteiger partial charge on any atom is -0.497 e. The molecule has 0 aliphatic rings. The van der Waals surface area contributed by atoms with Gasteiger partial charge in [0.05, 0.1) is 12.8 Å². The normalized spacial score (nSPS) is 10.5. The van der Waals surface area contributed by atoms with Gasteiger partial charge in [0.1, 0.15) is 5.75 Å². The van der Waals surface area contributed by atoms with Gasteiger partial charge in [-0.1, -0.05) is 11.6 Å². The monoisotopic (exact) mass is 358 g/mol. The van der Waals surface area contributed by atoms with Crippen LogP contribution in [0.25, 0.3) is 11.3 Å². The van der Waals surface area contributed by atoms with Gasteiger partial charge in [0, 0.05) is 21.0 Å². The minimum atomic E-state index is -0.207. The van der Waals surface area contributed by atoms with E-state index in [1.54, 1.807) is 31.4 Å². The first kappa shape index (κ1) is 16.5. The number of hydrogen-bond acceptors (Lipinski definition) is 4. The zero-order chi connectivity index (χ0) is 17.1. The number of halogens is 1. The van der Waals surface area contributed by atoms with E-state index in [9.17, 15) is 4.79 Å². The summed E-state index contributed by atoms with van der Waals surface area (Å²) in [6.45, 7) is 1.98. The first-order valence-electron chi connectivity index (χ1n) is 7.25.